The number of anilines is 1. The number of carbonyl (C=O) groups is 2. The van der Waals surface area contributed by atoms with E-state index in [9.17, 15) is 14.0 Å². The Balaban J connectivity index is 1.68. The first-order valence-corrected chi connectivity index (χ1v) is 8.59. The summed E-state index contributed by atoms with van der Waals surface area (Å²) in [5.74, 6) is -0.253. The van der Waals surface area contributed by atoms with Crippen molar-refractivity contribution in [3.63, 3.8) is 0 Å². The van der Waals surface area contributed by atoms with Gasteiger partial charge in [-0.1, -0.05) is 18.2 Å². The van der Waals surface area contributed by atoms with Crippen molar-refractivity contribution < 1.29 is 23.5 Å². The molecule has 2 rings (SSSR count). The average molecular weight is 374 g/mol. The van der Waals surface area contributed by atoms with Crippen LogP contribution in [0, 0.1) is 5.82 Å². The summed E-state index contributed by atoms with van der Waals surface area (Å²) in [7, 11) is 1.45. The number of rotatable bonds is 10. The van der Waals surface area contributed by atoms with Crippen molar-refractivity contribution in [3.8, 4) is 5.75 Å². The first-order chi connectivity index (χ1) is 13.1. The molecule has 0 fully saturated rings. The van der Waals surface area contributed by atoms with Crippen LogP contribution in [0.15, 0.2) is 48.5 Å². The van der Waals surface area contributed by atoms with Gasteiger partial charge in [-0.3, -0.25) is 9.59 Å². The molecule has 0 unspecified atom stereocenters. The minimum Gasteiger partial charge on any atom is -0.493 e. The van der Waals surface area contributed by atoms with E-state index in [-0.39, 0.29) is 24.2 Å². The van der Waals surface area contributed by atoms with Gasteiger partial charge in [-0.05, 0) is 36.2 Å². The smallest absolute Gasteiger partial charge is 0.250 e. The summed E-state index contributed by atoms with van der Waals surface area (Å²) >= 11 is 0. The van der Waals surface area contributed by atoms with E-state index >= 15 is 0 Å². The molecule has 27 heavy (non-hydrogen) atoms. The summed E-state index contributed by atoms with van der Waals surface area (Å²) in [6, 6.07) is 13.1. The second-order valence-corrected chi connectivity index (χ2v) is 5.87. The second-order valence-electron chi connectivity index (χ2n) is 5.87. The number of halogens is 1. The molecule has 0 aromatic heterocycles. The van der Waals surface area contributed by atoms with Gasteiger partial charge in [-0.25, -0.2) is 4.39 Å². The zero-order chi connectivity index (χ0) is 19.5. The molecule has 0 aliphatic carbocycles. The molecule has 2 aromatic carbocycles. The Morgan fingerprint density at radius 3 is 2.67 bits per heavy atom. The Labute approximate surface area is 157 Å². The van der Waals surface area contributed by atoms with E-state index in [1.165, 1.54) is 19.2 Å². The molecule has 144 valence electrons. The zero-order valence-corrected chi connectivity index (χ0v) is 15.2. The summed E-state index contributed by atoms with van der Waals surface area (Å²) < 4.78 is 23.2. The fourth-order valence-corrected chi connectivity index (χ4v) is 2.36. The Kier molecular flexibility index (Phi) is 8.25. The molecule has 2 aromatic rings. The number of ether oxygens (including phenoxy) is 2. The van der Waals surface area contributed by atoms with Crippen LogP contribution in [0.25, 0.3) is 0 Å². The minimum atomic E-state index is -0.356. The van der Waals surface area contributed by atoms with Gasteiger partial charge < -0.3 is 20.1 Å². The number of nitrogens with one attached hydrogen (secondary N) is 2. The summed E-state index contributed by atoms with van der Waals surface area (Å²) in [4.78, 5) is 23.4. The molecule has 0 bridgehead atoms. The standard InChI is InChI=1S/C20H23FN2O4/c1-26-14-20(25)23-17-7-2-5-15(11-17)13-22-19(24)9-4-10-27-18-8-3-6-16(21)12-18/h2-3,5-8,11-12H,4,9-10,13-14H2,1H3,(H,22,24)(H,23,25). The van der Waals surface area contributed by atoms with Crippen molar-refractivity contribution in [3.05, 3.63) is 59.9 Å². The Morgan fingerprint density at radius 2 is 1.89 bits per heavy atom. The van der Waals surface area contributed by atoms with Gasteiger partial charge >= 0.3 is 0 Å². The van der Waals surface area contributed by atoms with Gasteiger partial charge in [-0.15, -0.1) is 0 Å². The van der Waals surface area contributed by atoms with E-state index in [1.807, 2.05) is 6.07 Å². The largest absolute Gasteiger partial charge is 0.493 e. The molecule has 6 nitrogen and oxygen atoms in total. The first kappa shape index (κ1) is 20.4. The SMILES string of the molecule is COCC(=O)Nc1cccc(CNC(=O)CCCOc2cccc(F)c2)c1. The van der Waals surface area contributed by atoms with Crippen molar-refractivity contribution >= 4 is 17.5 Å². The molecular weight excluding hydrogens is 351 g/mol. The fourth-order valence-electron chi connectivity index (χ4n) is 2.36. The molecule has 0 aliphatic rings. The Bertz CT molecular complexity index is 767. The summed E-state index contributed by atoms with van der Waals surface area (Å²) in [5.41, 5.74) is 1.52. The lowest BCUT2D eigenvalue weighted by atomic mass is 10.2. The molecule has 7 heteroatoms. The maximum Gasteiger partial charge on any atom is 0.250 e. The average Bonchev–Trinajstić information content (AvgIpc) is 2.64. The van der Waals surface area contributed by atoms with Crippen LogP contribution in [0.2, 0.25) is 0 Å². The number of hydrogen-bond donors (Lipinski definition) is 2. The molecule has 0 radical (unpaired) electrons. The van der Waals surface area contributed by atoms with Crippen LogP contribution in [0.1, 0.15) is 18.4 Å². The van der Waals surface area contributed by atoms with Gasteiger partial charge in [0.2, 0.25) is 11.8 Å². The lowest BCUT2D eigenvalue weighted by molar-refractivity contribution is -0.121. The highest BCUT2D eigenvalue weighted by molar-refractivity contribution is 5.91. The van der Waals surface area contributed by atoms with Crippen LogP contribution < -0.4 is 15.4 Å². The molecule has 0 saturated carbocycles. The molecule has 0 heterocycles. The number of hydrogen-bond acceptors (Lipinski definition) is 4. The van der Waals surface area contributed by atoms with Gasteiger partial charge in [-0.2, -0.15) is 0 Å². The third kappa shape index (κ3) is 7.87. The Hall–Kier alpha value is -2.93. The van der Waals surface area contributed by atoms with Crippen LogP contribution in [-0.4, -0.2) is 32.1 Å². The van der Waals surface area contributed by atoms with Crippen molar-refractivity contribution in [1.82, 2.24) is 5.32 Å². The van der Waals surface area contributed by atoms with E-state index in [0.717, 1.165) is 5.56 Å². The summed E-state index contributed by atoms with van der Waals surface area (Å²) in [6.45, 7) is 0.675. The van der Waals surface area contributed by atoms with E-state index in [4.69, 9.17) is 9.47 Å². The first-order valence-electron chi connectivity index (χ1n) is 8.59. The maximum atomic E-state index is 13.0. The summed E-state index contributed by atoms with van der Waals surface area (Å²) in [5, 5.41) is 5.53. The molecule has 2 N–H and O–H groups in total. The van der Waals surface area contributed by atoms with E-state index < -0.39 is 0 Å². The Morgan fingerprint density at radius 1 is 1.07 bits per heavy atom. The monoisotopic (exact) mass is 374 g/mol. The molecular formula is C20H23FN2O4. The van der Waals surface area contributed by atoms with Gasteiger partial charge in [0, 0.05) is 31.8 Å². The molecule has 0 saturated heterocycles. The fraction of sp³-hybridized carbons (Fsp3) is 0.300. The highest BCUT2D eigenvalue weighted by atomic mass is 19.1. The third-order valence-corrected chi connectivity index (χ3v) is 3.59. The van der Waals surface area contributed by atoms with Crippen LogP contribution in [-0.2, 0) is 20.9 Å². The van der Waals surface area contributed by atoms with Crippen molar-refractivity contribution in [2.24, 2.45) is 0 Å². The normalized spacial score (nSPS) is 10.3. The van der Waals surface area contributed by atoms with Crippen LogP contribution in [0.4, 0.5) is 10.1 Å². The quantitative estimate of drug-likeness (QED) is 0.627. The zero-order valence-electron chi connectivity index (χ0n) is 15.2. The predicted molar refractivity (Wildman–Crippen MR) is 99.9 cm³/mol. The third-order valence-electron chi connectivity index (χ3n) is 3.59. The predicted octanol–water partition coefficient (Wildman–Crippen LogP) is 2.89. The molecule has 0 aliphatic heterocycles. The number of amides is 2. The lowest BCUT2D eigenvalue weighted by Crippen LogP contribution is -2.23. The van der Waals surface area contributed by atoms with Crippen LogP contribution in [0.5, 0.6) is 5.75 Å². The highest BCUT2D eigenvalue weighted by Gasteiger charge is 2.05. The number of benzene rings is 2. The molecule has 0 atom stereocenters. The second kappa shape index (κ2) is 10.9. The van der Waals surface area contributed by atoms with Gasteiger partial charge in [0.05, 0.1) is 6.61 Å². The van der Waals surface area contributed by atoms with Gasteiger partial charge in [0.25, 0.3) is 0 Å². The number of carbonyl (C=O) groups excluding carboxylic acids is 2. The van der Waals surface area contributed by atoms with Gasteiger partial charge in [0.1, 0.15) is 18.2 Å². The molecule has 0 spiro atoms. The van der Waals surface area contributed by atoms with E-state index in [2.05, 4.69) is 10.6 Å². The lowest BCUT2D eigenvalue weighted by Gasteiger charge is -2.09. The van der Waals surface area contributed by atoms with Crippen molar-refractivity contribution in [1.29, 1.82) is 0 Å². The maximum absolute atomic E-state index is 13.0. The number of methoxy groups -OCH3 is 1. The van der Waals surface area contributed by atoms with Crippen molar-refractivity contribution in [2.45, 2.75) is 19.4 Å². The summed E-state index contributed by atoms with van der Waals surface area (Å²) in [6.07, 6.45) is 0.828. The van der Waals surface area contributed by atoms with Crippen LogP contribution >= 0.6 is 0 Å². The van der Waals surface area contributed by atoms with Gasteiger partial charge in [0.15, 0.2) is 0 Å². The van der Waals surface area contributed by atoms with Crippen molar-refractivity contribution in [2.75, 3.05) is 25.6 Å². The van der Waals surface area contributed by atoms with Crippen LogP contribution in [0.3, 0.4) is 0 Å². The van der Waals surface area contributed by atoms with E-state index in [0.29, 0.717) is 37.4 Å². The molecule has 2 amide bonds. The minimum absolute atomic E-state index is 0.0152. The highest BCUT2D eigenvalue weighted by Crippen LogP contribution is 2.13. The van der Waals surface area contributed by atoms with E-state index in [1.54, 1.807) is 30.3 Å². The topological polar surface area (TPSA) is 76.7 Å².